The second-order valence-electron chi connectivity index (χ2n) is 6.52. The summed E-state index contributed by atoms with van der Waals surface area (Å²) in [6.07, 6.45) is 1.05. The molecular weight excluding hydrogens is 405 g/mol. The molecular formula is C19H17Cl2N3O4. The number of nitro groups is 1. The third kappa shape index (κ3) is 4.79. The Hall–Kier alpha value is -2.64. The van der Waals surface area contributed by atoms with Gasteiger partial charge in [-0.15, -0.1) is 0 Å². The lowest BCUT2D eigenvalue weighted by atomic mass is 9.95. The highest BCUT2D eigenvalue weighted by Crippen LogP contribution is 2.25. The Labute approximate surface area is 171 Å². The smallest absolute Gasteiger partial charge is 0.269 e. The molecule has 0 aliphatic carbocycles. The summed E-state index contributed by atoms with van der Waals surface area (Å²) in [7, 11) is 0. The maximum atomic E-state index is 12.5. The molecule has 1 fully saturated rings. The highest BCUT2D eigenvalue weighted by molar-refractivity contribution is 6.35. The molecule has 0 bridgehead atoms. The molecule has 1 saturated heterocycles. The van der Waals surface area contributed by atoms with Gasteiger partial charge in [0.1, 0.15) is 0 Å². The molecule has 146 valence electrons. The SMILES string of the molecule is O=C(Nc1cc(Cl)cc(Cl)c1)C1CCN(C(=O)c2ccc([N+](=O)[O-])cc2)CC1. The summed E-state index contributed by atoms with van der Waals surface area (Å²) in [6.45, 7) is 0.869. The number of hydrogen-bond donors (Lipinski definition) is 1. The Kier molecular flexibility index (Phi) is 6.16. The lowest BCUT2D eigenvalue weighted by Gasteiger charge is -2.31. The fourth-order valence-corrected chi connectivity index (χ4v) is 3.65. The topological polar surface area (TPSA) is 92.6 Å². The standard InChI is InChI=1S/C19H17Cl2N3O4/c20-14-9-15(21)11-16(10-14)22-18(25)12-5-7-23(8-6-12)19(26)13-1-3-17(4-2-13)24(27)28/h1-4,9-12H,5-8H2,(H,22,25). The second-order valence-corrected chi connectivity index (χ2v) is 7.39. The molecule has 7 nitrogen and oxygen atoms in total. The van der Waals surface area contributed by atoms with Gasteiger partial charge in [-0.25, -0.2) is 0 Å². The third-order valence-corrected chi connectivity index (χ3v) is 5.04. The molecule has 1 N–H and O–H groups in total. The van der Waals surface area contributed by atoms with Crippen LogP contribution < -0.4 is 5.32 Å². The van der Waals surface area contributed by atoms with Crippen LogP contribution >= 0.6 is 23.2 Å². The van der Waals surface area contributed by atoms with Crippen LogP contribution in [0.4, 0.5) is 11.4 Å². The van der Waals surface area contributed by atoms with E-state index in [9.17, 15) is 19.7 Å². The fraction of sp³-hybridized carbons (Fsp3) is 0.263. The minimum Gasteiger partial charge on any atom is -0.339 e. The maximum absolute atomic E-state index is 12.5. The lowest BCUT2D eigenvalue weighted by Crippen LogP contribution is -2.41. The predicted molar refractivity (Wildman–Crippen MR) is 107 cm³/mol. The molecule has 2 amide bonds. The van der Waals surface area contributed by atoms with Gasteiger partial charge in [0.2, 0.25) is 5.91 Å². The zero-order valence-corrected chi connectivity index (χ0v) is 16.2. The normalized spacial score (nSPS) is 14.6. The first-order valence-electron chi connectivity index (χ1n) is 8.64. The number of hydrogen-bond acceptors (Lipinski definition) is 4. The molecule has 28 heavy (non-hydrogen) atoms. The maximum Gasteiger partial charge on any atom is 0.269 e. The Morgan fingerprint density at radius 2 is 1.61 bits per heavy atom. The van der Waals surface area contributed by atoms with Crippen LogP contribution in [-0.4, -0.2) is 34.7 Å². The van der Waals surface area contributed by atoms with E-state index in [1.165, 1.54) is 24.3 Å². The number of carbonyl (C=O) groups is 2. The number of nitro benzene ring substituents is 1. The van der Waals surface area contributed by atoms with Gasteiger partial charge in [0, 0.05) is 52.4 Å². The molecule has 0 radical (unpaired) electrons. The van der Waals surface area contributed by atoms with Crippen LogP contribution in [0, 0.1) is 16.0 Å². The van der Waals surface area contributed by atoms with Crippen LogP contribution in [-0.2, 0) is 4.79 Å². The van der Waals surface area contributed by atoms with Crippen molar-refractivity contribution in [1.82, 2.24) is 4.90 Å². The molecule has 0 aromatic heterocycles. The number of likely N-dealkylation sites (tertiary alicyclic amines) is 1. The van der Waals surface area contributed by atoms with Crippen molar-refractivity contribution in [3.8, 4) is 0 Å². The van der Waals surface area contributed by atoms with Gasteiger partial charge in [0.15, 0.2) is 0 Å². The van der Waals surface area contributed by atoms with Gasteiger partial charge in [0.05, 0.1) is 4.92 Å². The van der Waals surface area contributed by atoms with Gasteiger partial charge in [-0.3, -0.25) is 19.7 Å². The quantitative estimate of drug-likeness (QED) is 0.584. The van der Waals surface area contributed by atoms with Crippen molar-refractivity contribution in [3.63, 3.8) is 0 Å². The summed E-state index contributed by atoms with van der Waals surface area (Å²) in [5.74, 6) is -0.560. The number of carbonyl (C=O) groups excluding carboxylic acids is 2. The number of halogens is 2. The first-order valence-corrected chi connectivity index (χ1v) is 9.40. The van der Waals surface area contributed by atoms with Gasteiger partial charge in [-0.2, -0.15) is 0 Å². The largest absolute Gasteiger partial charge is 0.339 e. The summed E-state index contributed by atoms with van der Waals surface area (Å²) in [6, 6.07) is 10.3. The predicted octanol–water partition coefficient (Wildman–Crippen LogP) is 4.39. The number of nitrogens with zero attached hydrogens (tertiary/aromatic N) is 2. The molecule has 1 heterocycles. The molecule has 9 heteroatoms. The number of amides is 2. The van der Waals surface area contributed by atoms with Crippen LogP contribution in [0.3, 0.4) is 0 Å². The average Bonchev–Trinajstić information content (AvgIpc) is 2.66. The Balaban J connectivity index is 1.56. The third-order valence-electron chi connectivity index (χ3n) is 4.61. The van der Waals surface area contributed by atoms with Crippen LogP contribution in [0.5, 0.6) is 0 Å². The molecule has 0 unspecified atom stereocenters. The van der Waals surface area contributed by atoms with Crippen LogP contribution in [0.15, 0.2) is 42.5 Å². The van der Waals surface area contributed by atoms with Gasteiger partial charge >= 0.3 is 0 Å². The van der Waals surface area contributed by atoms with Crippen LogP contribution in [0.1, 0.15) is 23.2 Å². The van der Waals surface area contributed by atoms with Crippen molar-refractivity contribution in [1.29, 1.82) is 0 Å². The van der Waals surface area contributed by atoms with E-state index in [1.54, 1.807) is 23.1 Å². The zero-order valence-electron chi connectivity index (χ0n) is 14.7. The van der Waals surface area contributed by atoms with E-state index in [2.05, 4.69) is 5.32 Å². The van der Waals surface area contributed by atoms with Crippen LogP contribution in [0.2, 0.25) is 10.0 Å². The molecule has 0 saturated carbocycles. The molecule has 1 aliphatic heterocycles. The number of anilines is 1. The van der Waals surface area contributed by atoms with Crippen molar-refractivity contribution in [2.75, 3.05) is 18.4 Å². The highest BCUT2D eigenvalue weighted by atomic mass is 35.5. The van der Waals surface area contributed by atoms with Crippen molar-refractivity contribution in [2.45, 2.75) is 12.8 Å². The first-order chi connectivity index (χ1) is 13.3. The fourth-order valence-electron chi connectivity index (χ4n) is 3.12. The molecule has 2 aromatic carbocycles. The molecule has 3 rings (SSSR count). The lowest BCUT2D eigenvalue weighted by molar-refractivity contribution is -0.384. The Morgan fingerprint density at radius 1 is 1.04 bits per heavy atom. The summed E-state index contributed by atoms with van der Waals surface area (Å²) in [5, 5.41) is 14.4. The number of non-ortho nitro benzene ring substituents is 1. The van der Waals surface area contributed by atoms with E-state index in [1.807, 2.05) is 0 Å². The monoisotopic (exact) mass is 421 g/mol. The first kappa shape index (κ1) is 20.1. The molecule has 2 aromatic rings. The number of piperidine rings is 1. The van der Waals surface area contributed by atoms with E-state index in [0.29, 0.717) is 47.2 Å². The summed E-state index contributed by atoms with van der Waals surface area (Å²) in [5.41, 5.74) is 0.863. The summed E-state index contributed by atoms with van der Waals surface area (Å²) in [4.78, 5) is 36.9. The average molecular weight is 422 g/mol. The van der Waals surface area contributed by atoms with E-state index in [-0.39, 0.29) is 23.4 Å². The molecule has 1 aliphatic rings. The number of nitrogens with one attached hydrogen (secondary N) is 1. The van der Waals surface area contributed by atoms with Crippen molar-refractivity contribution < 1.29 is 14.5 Å². The van der Waals surface area contributed by atoms with Gasteiger partial charge in [-0.1, -0.05) is 23.2 Å². The zero-order chi connectivity index (χ0) is 20.3. The van der Waals surface area contributed by atoms with E-state index in [0.717, 1.165) is 0 Å². The van der Waals surface area contributed by atoms with Crippen molar-refractivity contribution in [3.05, 3.63) is 68.2 Å². The summed E-state index contributed by atoms with van der Waals surface area (Å²) >= 11 is 11.9. The van der Waals surface area contributed by atoms with E-state index < -0.39 is 4.92 Å². The van der Waals surface area contributed by atoms with Gasteiger partial charge in [-0.05, 0) is 43.2 Å². The second kappa shape index (κ2) is 8.58. The molecule has 0 spiro atoms. The Morgan fingerprint density at radius 3 is 2.14 bits per heavy atom. The number of rotatable bonds is 4. The number of benzene rings is 2. The van der Waals surface area contributed by atoms with Gasteiger partial charge in [0.25, 0.3) is 11.6 Å². The van der Waals surface area contributed by atoms with Crippen LogP contribution in [0.25, 0.3) is 0 Å². The summed E-state index contributed by atoms with van der Waals surface area (Å²) < 4.78 is 0. The minimum absolute atomic E-state index is 0.0620. The van der Waals surface area contributed by atoms with Gasteiger partial charge < -0.3 is 10.2 Å². The minimum atomic E-state index is -0.508. The van der Waals surface area contributed by atoms with E-state index >= 15 is 0 Å². The Bertz CT molecular complexity index is 890. The van der Waals surface area contributed by atoms with E-state index in [4.69, 9.17) is 23.2 Å². The van der Waals surface area contributed by atoms with Crippen molar-refractivity contribution >= 4 is 46.4 Å². The highest BCUT2D eigenvalue weighted by Gasteiger charge is 2.28. The molecule has 0 atom stereocenters. The van der Waals surface area contributed by atoms with Crippen molar-refractivity contribution in [2.24, 2.45) is 5.92 Å².